The van der Waals surface area contributed by atoms with E-state index in [1.165, 1.54) is 29.5 Å². The molecular formula is C13H9BrClNO3S. The summed E-state index contributed by atoms with van der Waals surface area (Å²) in [6, 6.07) is 5.95. The van der Waals surface area contributed by atoms with Gasteiger partial charge in [-0.15, -0.1) is 11.3 Å². The molecule has 0 aliphatic rings. The van der Waals surface area contributed by atoms with Crippen molar-refractivity contribution < 1.29 is 14.7 Å². The Hall–Kier alpha value is -1.37. The minimum atomic E-state index is -1.10. The van der Waals surface area contributed by atoms with E-state index in [4.69, 9.17) is 16.7 Å². The molecule has 1 aromatic carbocycles. The number of hydrogen-bond acceptors (Lipinski definition) is 3. The third kappa shape index (κ3) is 3.39. The van der Waals surface area contributed by atoms with Crippen LogP contribution >= 0.6 is 38.9 Å². The molecule has 0 aliphatic heterocycles. The monoisotopic (exact) mass is 373 g/mol. The molecule has 1 aromatic heterocycles. The summed E-state index contributed by atoms with van der Waals surface area (Å²) in [7, 11) is 0. The molecule has 0 saturated carbocycles. The molecule has 104 valence electrons. The van der Waals surface area contributed by atoms with Gasteiger partial charge in [-0.3, -0.25) is 4.79 Å². The number of carboxylic acid groups (broad SMARTS) is 1. The molecule has 0 fully saturated rings. The average molecular weight is 375 g/mol. The normalized spacial score (nSPS) is 10.3. The highest BCUT2D eigenvalue weighted by atomic mass is 79.9. The van der Waals surface area contributed by atoms with Crippen molar-refractivity contribution in [2.75, 3.05) is 5.32 Å². The van der Waals surface area contributed by atoms with E-state index >= 15 is 0 Å². The summed E-state index contributed by atoms with van der Waals surface area (Å²) in [5.74, 6) is -1.40. The fourth-order valence-corrected chi connectivity index (χ4v) is 3.21. The average Bonchev–Trinajstić information content (AvgIpc) is 2.69. The predicted octanol–water partition coefficient (Wildman–Crippen LogP) is 4.42. The van der Waals surface area contributed by atoms with Gasteiger partial charge in [0.1, 0.15) is 0 Å². The Morgan fingerprint density at radius 3 is 2.55 bits per heavy atom. The summed E-state index contributed by atoms with van der Waals surface area (Å²) in [4.78, 5) is 23.5. The first kappa shape index (κ1) is 15.0. The summed E-state index contributed by atoms with van der Waals surface area (Å²) in [6.07, 6.45) is 0. The zero-order valence-electron chi connectivity index (χ0n) is 10.2. The van der Waals surface area contributed by atoms with Crippen LogP contribution in [0.25, 0.3) is 0 Å². The van der Waals surface area contributed by atoms with Crippen LogP contribution < -0.4 is 5.32 Å². The second-order valence-corrected chi connectivity index (χ2v) is 6.86. The molecule has 0 spiro atoms. The first-order valence-corrected chi connectivity index (χ1v) is 7.46. The maximum Gasteiger partial charge on any atom is 0.335 e. The lowest BCUT2D eigenvalue weighted by Gasteiger charge is -2.05. The highest BCUT2D eigenvalue weighted by Crippen LogP contribution is 2.28. The van der Waals surface area contributed by atoms with Crippen molar-refractivity contribution in [3.05, 3.63) is 49.1 Å². The van der Waals surface area contributed by atoms with Crippen LogP contribution in [-0.2, 0) is 0 Å². The molecule has 0 bridgehead atoms. The Morgan fingerprint density at radius 1 is 1.30 bits per heavy atom. The Labute approximate surface area is 132 Å². The molecule has 4 nitrogen and oxygen atoms in total. The number of carbonyl (C=O) groups excluding carboxylic acids is 1. The van der Waals surface area contributed by atoms with Crippen molar-refractivity contribution in [3.8, 4) is 0 Å². The molecule has 20 heavy (non-hydrogen) atoms. The highest BCUT2D eigenvalue weighted by molar-refractivity contribution is 9.11. The molecule has 1 heterocycles. The second kappa shape index (κ2) is 5.95. The van der Waals surface area contributed by atoms with E-state index in [1.807, 2.05) is 6.92 Å². The van der Waals surface area contributed by atoms with Crippen LogP contribution in [-0.4, -0.2) is 17.0 Å². The quantitative estimate of drug-likeness (QED) is 0.835. The van der Waals surface area contributed by atoms with Crippen molar-refractivity contribution in [3.63, 3.8) is 0 Å². The fraction of sp³-hybridized carbons (Fsp3) is 0.0769. The lowest BCUT2D eigenvalue weighted by Crippen LogP contribution is -2.11. The van der Waals surface area contributed by atoms with Gasteiger partial charge in [-0.2, -0.15) is 0 Å². The lowest BCUT2D eigenvalue weighted by atomic mass is 10.2. The van der Waals surface area contributed by atoms with Gasteiger partial charge in [0.05, 0.1) is 14.2 Å². The number of thiophene rings is 1. The number of aromatic carboxylic acids is 1. The van der Waals surface area contributed by atoms with Crippen LogP contribution in [0.15, 0.2) is 28.1 Å². The first-order chi connectivity index (χ1) is 9.36. The van der Waals surface area contributed by atoms with Crippen LogP contribution in [0.3, 0.4) is 0 Å². The standard InChI is InChI=1S/C13H9BrClNO3S/c1-6-2-10(20-11(6)14)12(17)16-9-4-7(13(18)19)3-8(15)5-9/h2-5H,1H3,(H,16,17)(H,18,19). The van der Waals surface area contributed by atoms with Gasteiger partial charge in [0.15, 0.2) is 0 Å². The lowest BCUT2D eigenvalue weighted by molar-refractivity contribution is 0.0696. The van der Waals surface area contributed by atoms with Crippen LogP contribution in [0.5, 0.6) is 0 Å². The second-order valence-electron chi connectivity index (χ2n) is 4.06. The largest absolute Gasteiger partial charge is 0.478 e. The van der Waals surface area contributed by atoms with Crippen molar-refractivity contribution in [2.24, 2.45) is 0 Å². The van der Waals surface area contributed by atoms with Crippen LogP contribution in [0, 0.1) is 6.92 Å². The Balaban J connectivity index is 2.25. The smallest absolute Gasteiger partial charge is 0.335 e. The van der Waals surface area contributed by atoms with Gasteiger partial charge >= 0.3 is 5.97 Å². The topological polar surface area (TPSA) is 66.4 Å². The third-order valence-corrected chi connectivity index (χ3v) is 4.84. The number of rotatable bonds is 3. The van der Waals surface area contributed by atoms with Gasteiger partial charge in [-0.1, -0.05) is 11.6 Å². The van der Waals surface area contributed by atoms with E-state index in [9.17, 15) is 9.59 Å². The zero-order chi connectivity index (χ0) is 14.9. The summed E-state index contributed by atoms with van der Waals surface area (Å²) in [5.41, 5.74) is 1.34. The first-order valence-electron chi connectivity index (χ1n) is 5.48. The Bertz CT molecular complexity index is 679. The number of benzene rings is 1. The number of hydrogen-bond donors (Lipinski definition) is 2. The number of aryl methyl sites for hydroxylation is 1. The molecule has 2 aromatic rings. The number of carbonyl (C=O) groups is 2. The van der Waals surface area contributed by atoms with Gasteiger partial charge in [-0.05, 0) is 52.7 Å². The van der Waals surface area contributed by atoms with Gasteiger partial charge in [0.2, 0.25) is 0 Å². The molecule has 0 saturated heterocycles. The molecule has 0 aliphatic carbocycles. The Morgan fingerprint density at radius 2 is 2.00 bits per heavy atom. The number of anilines is 1. The van der Waals surface area contributed by atoms with Crippen LogP contribution in [0.2, 0.25) is 5.02 Å². The molecular weight excluding hydrogens is 366 g/mol. The Kier molecular flexibility index (Phi) is 4.47. The minimum Gasteiger partial charge on any atom is -0.478 e. The summed E-state index contributed by atoms with van der Waals surface area (Å²) >= 11 is 10.5. The van der Waals surface area contributed by atoms with Gasteiger partial charge in [-0.25, -0.2) is 4.79 Å². The minimum absolute atomic E-state index is 0.0244. The van der Waals surface area contributed by atoms with Gasteiger partial charge < -0.3 is 10.4 Å². The maximum absolute atomic E-state index is 12.1. The van der Waals surface area contributed by atoms with Crippen molar-refractivity contribution in [1.82, 2.24) is 0 Å². The maximum atomic E-state index is 12.1. The summed E-state index contributed by atoms with van der Waals surface area (Å²) in [5, 5.41) is 11.8. The van der Waals surface area contributed by atoms with E-state index in [2.05, 4.69) is 21.2 Å². The van der Waals surface area contributed by atoms with E-state index in [0.29, 0.717) is 10.6 Å². The number of carboxylic acids is 1. The van der Waals surface area contributed by atoms with Crippen LogP contribution in [0.1, 0.15) is 25.6 Å². The van der Waals surface area contributed by atoms with E-state index in [-0.39, 0.29) is 16.5 Å². The van der Waals surface area contributed by atoms with E-state index < -0.39 is 5.97 Å². The van der Waals surface area contributed by atoms with Crippen molar-refractivity contribution in [1.29, 1.82) is 0 Å². The van der Waals surface area contributed by atoms with E-state index in [1.54, 1.807) is 6.07 Å². The summed E-state index contributed by atoms with van der Waals surface area (Å²) in [6.45, 7) is 1.89. The van der Waals surface area contributed by atoms with Gasteiger partial charge in [0.25, 0.3) is 5.91 Å². The number of halogens is 2. The summed E-state index contributed by atoms with van der Waals surface area (Å²) < 4.78 is 0.889. The fourth-order valence-electron chi connectivity index (χ4n) is 1.55. The SMILES string of the molecule is Cc1cc(C(=O)Nc2cc(Cl)cc(C(=O)O)c2)sc1Br. The molecule has 7 heteroatoms. The molecule has 1 amide bonds. The molecule has 0 radical (unpaired) electrons. The molecule has 0 atom stereocenters. The van der Waals surface area contributed by atoms with Gasteiger partial charge in [0, 0.05) is 10.7 Å². The highest BCUT2D eigenvalue weighted by Gasteiger charge is 2.13. The molecule has 2 N–H and O–H groups in total. The van der Waals surface area contributed by atoms with Crippen LogP contribution in [0.4, 0.5) is 5.69 Å². The van der Waals surface area contributed by atoms with E-state index in [0.717, 1.165) is 9.35 Å². The molecule has 2 rings (SSSR count). The molecule has 0 unspecified atom stereocenters. The third-order valence-electron chi connectivity index (χ3n) is 2.48. The predicted molar refractivity (Wildman–Crippen MR) is 83.1 cm³/mol. The number of amides is 1. The zero-order valence-corrected chi connectivity index (χ0v) is 13.4. The van der Waals surface area contributed by atoms with Crippen molar-refractivity contribution >= 4 is 56.4 Å². The van der Waals surface area contributed by atoms with Crippen molar-refractivity contribution in [2.45, 2.75) is 6.92 Å². The number of nitrogens with one attached hydrogen (secondary N) is 1.